The Morgan fingerprint density at radius 1 is 0.425 bits per heavy atom. The Morgan fingerprint density at radius 3 is 1.22 bits per heavy atom. The minimum absolute atomic E-state index is 0.233. The Balaban J connectivity index is 1.32. The smallest absolute Gasteiger partial charge is 0.220 e. The Kier molecular flexibility index (Phi) is 45.7. The van der Waals surface area contributed by atoms with Crippen molar-refractivity contribution in [2.24, 2.45) is 0 Å². The Hall–Kier alpha value is -2.25. The van der Waals surface area contributed by atoms with Gasteiger partial charge in [0.1, 0.15) is 73.2 Å². The lowest BCUT2D eigenvalue weighted by atomic mass is 9.96. The number of rotatable bonds is 52. The SMILES string of the molecule is C/C=C/CC/C=C/CC/C=C/C(O)C(COC1OC(CO)C(OC2OC(CO)C(OC3OC(CO)C(O)C(O)C3O)C(O)C2O)C(O)C1O)NC(=O)CCCCCCCCCCCCCCCCCCCCCCC/C=C\CCCCCCCCCC. The first-order valence-electron chi connectivity index (χ1n) is 34.4. The number of hydrogen-bond acceptors (Lipinski definition) is 18. The highest BCUT2D eigenvalue weighted by Gasteiger charge is 2.53. The molecule has 3 heterocycles. The molecule has 0 radical (unpaired) electrons. The molecule has 0 bridgehead atoms. The summed E-state index contributed by atoms with van der Waals surface area (Å²) in [5, 5.41) is 120. The molecule has 0 aromatic carbocycles. The van der Waals surface area contributed by atoms with E-state index in [1.54, 1.807) is 6.08 Å². The number of unbranched alkanes of at least 4 members (excludes halogenated alkanes) is 31. The molecular formula is C68H123NO18. The molecule has 0 aliphatic carbocycles. The maximum atomic E-state index is 13.3. The van der Waals surface area contributed by atoms with Gasteiger partial charge in [0.25, 0.3) is 0 Å². The van der Waals surface area contributed by atoms with Gasteiger partial charge in [-0.05, 0) is 64.7 Å². The van der Waals surface area contributed by atoms with E-state index in [1.165, 1.54) is 173 Å². The lowest BCUT2D eigenvalue weighted by molar-refractivity contribution is -0.379. The molecule has 19 nitrogen and oxygen atoms in total. The number of aliphatic hydroxyl groups is 11. The van der Waals surface area contributed by atoms with E-state index >= 15 is 0 Å². The van der Waals surface area contributed by atoms with Crippen LogP contribution >= 0.6 is 0 Å². The third-order valence-corrected chi connectivity index (χ3v) is 17.2. The van der Waals surface area contributed by atoms with Crippen LogP contribution in [0.3, 0.4) is 0 Å². The summed E-state index contributed by atoms with van der Waals surface area (Å²) in [6.07, 6.45) is 33.2. The van der Waals surface area contributed by atoms with Gasteiger partial charge in [-0.15, -0.1) is 0 Å². The fourth-order valence-corrected chi connectivity index (χ4v) is 11.6. The van der Waals surface area contributed by atoms with Gasteiger partial charge in [0, 0.05) is 6.42 Å². The molecule has 12 N–H and O–H groups in total. The van der Waals surface area contributed by atoms with Crippen LogP contribution in [0.1, 0.15) is 245 Å². The van der Waals surface area contributed by atoms with Gasteiger partial charge in [0.2, 0.25) is 5.91 Å². The van der Waals surface area contributed by atoms with Crippen LogP contribution in [-0.4, -0.2) is 193 Å². The highest BCUT2D eigenvalue weighted by Crippen LogP contribution is 2.33. The molecule has 19 heteroatoms. The first kappa shape index (κ1) is 79.0. The molecule has 17 atom stereocenters. The van der Waals surface area contributed by atoms with Gasteiger partial charge in [-0.1, -0.05) is 222 Å². The molecule has 3 fully saturated rings. The van der Waals surface area contributed by atoms with Crippen LogP contribution in [0.2, 0.25) is 0 Å². The minimum Gasteiger partial charge on any atom is -0.394 e. The molecule has 3 aliphatic heterocycles. The third kappa shape index (κ3) is 32.7. The van der Waals surface area contributed by atoms with Crippen LogP contribution in [0.4, 0.5) is 0 Å². The van der Waals surface area contributed by atoms with E-state index in [2.05, 4.69) is 42.6 Å². The van der Waals surface area contributed by atoms with Gasteiger partial charge < -0.3 is 89.9 Å². The summed E-state index contributed by atoms with van der Waals surface area (Å²) in [4.78, 5) is 13.3. The number of aliphatic hydroxyl groups excluding tert-OH is 11. The highest BCUT2D eigenvalue weighted by molar-refractivity contribution is 5.76. The normalized spacial score (nSPS) is 28.9. The van der Waals surface area contributed by atoms with Crippen molar-refractivity contribution in [2.75, 3.05) is 26.4 Å². The van der Waals surface area contributed by atoms with E-state index in [4.69, 9.17) is 28.4 Å². The zero-order valence-corrected chi connectivity index (χ0v) is 53.5. The molecule has 0 aromatic heterocycles. The summed E-state index contributed by atoms with van der Waals surface area (Å²) in [6, 6.07) is -0.993. The molecule has 0 spiro atoms. The molecule has 3 aliphatic rings. The average Bonchev–Trinajstić information content (AvgIpc) is 3.66. The summed E-state index contributed by atoms with van der Waals surface area (Å²) in [5.74, 6) is -0.290. The van der Waals surface area contributed by atoms with Crippen LogP contribution < -0.4 is 5.32 Å². The van der Waals surface area contributed by atoms with Gasteiger partial charge in [-0.25, -0.2) is 0 Å². The predicted octanol–water partition coefficient (Wildman–Crippen LogP) is 8.61. The van der Waals surface area contributed by atoms with Gasteiger partial charge in [0.05, 0.1) is 38.6 Å². The molecule has 1 amide bonds. The van der Waals surface area contributed by atoms with Crippen molar-refractivity contribution in [3.63, 3.8) is 0 Å². The number of carbonyl (C=O) groups is 1. The zero-order valence-electron chi connectivity index (χ0n) is 53.5. The summed E-state index contributed by atoms with van der Waals surface area (Å²) < 4.78 is 34.2. The van der Waals surface area contributed by atoms with Crippen molar-refractivity contribution >= 4 is 5.91 Å². The van der Waals surface area contributed by atoms with Crippen LogP contribution in [0.5, 0.6) is 0 Å². The van der Waals surface area contributed by atoms with Crippen LogP contribution in [0.25, 0.3) is 0 Å². The Morgan fingerprint density at radius 2 is 0.782 bits per heavy atom. The molecule has 0 aromatic rings. The quantitative estimate of drug-likeness (QED) is 0.0200. The second kappa shape index (κ2) is 50.3. The lowest BCUT2D eigenvalue weighted by Gasteiger charge is -2.48. The number of carbonyl (C=O) groups excluding carboxylic acids is 1. The van der Waals surface area contributed by atoms with Crippen molar-refractivity contribution < 1.29 is 89.4 Å². The minimum atomic E-state index is -1.98. The zero-order chi connectivity index (χ0) is 63.3. The molecule has 17 unspecified atom stereocenters. The molecular weight excluding hydrogens is 1120 g/mol. The van der Waals surface area contributed by atoms with Crippen molar-refractivity contribution in [1.82, 2.24) is 5.32 Å². The van der Waals surface area contributed by atoms with Crippen LogP contribution in [0, 0.1) is 0 Å². The first-order chi connectivity index (χ1) is 42.3. The van der Waals surface area contributed by atoms with Crippen molar-refractivity contribution in [2.45, 2.75) is 349 Å². The number of ether oxygens (including phenoxy) is 6. The predicted molar refractivity (Wildman–Crippen MR) is 337 cm³/mol. The maximum absolute atomic E-state index is 13.3. The second-order valence-electron chi connectivity index (χ2n) is 24.6. The summed E-state index contributed by atoms with van der Waals surface area (Å²) >= 11 is 0. The number of hydrogen-bond donors (Lipinski definition) is 12. The van der Waals surface area contributed by atoms with Crippen LogP contribution in [0.15, 0.2) is 48.6 Å². The molecule has 508 valence electrons. The molecule has 3 saturated heterocycles. The van der Waals surface area contributed by atoms with Crippen molar-refractivity contribution in [3.8, 4) is 0 Å². The standard InChI is InChI=1S/C68H123NO18/c1-3-5-7-9-11-13-14-15-16-17-18-19-20-21-22-23-24-25-26-27-28-29-30-31-32-33-34-35-36-38-40-42-44-46-56(74)69-51(52(73)45-43-41-39-37-12-10-8-6-4-2)50-82-66-62(80)59(77)64(54(48-71)84-66)87-68-63(81)60(78)65(55(49-72)85-68)86-67-61(79)58(76)57(75)53(47-70)83-67/h4,6,12,17-18,37,43,45,51-55,57-68,70-73,75-81H,3,5,7-11,13-16,19-36,38-42,44,46-50H2,1-2H3,(H,69,74)/b6-4+,18-17-,37-12+,45-43+. The van der Waals surface area contributed by atoms with Gasteiger partial charge >= 0.3 is 0 Å². The molecule has 87 heavy (non-hydrogen) atoms. The van der Waals surface area contributed by atoms with Gasteiger partial charge in [-0.3, -0.25) is 4.79 Å². The average molecular weight is 1240 g/mol. The summed E-state index contributed by atoms with van der Waals surface area (Å²) in [7, 11) is 0. The van der Waals surface area contributed by atoms with E-state index < -0.39 is 124 Å². The summed E-state index contributed by atoms with van der Waals surface area (Å²) in [6.45, 7) is 1.46. The summed E-state index contributed by atoms with van der Waals surface area (Å²) in [5.41, 5.74) is 0. The van der Waals surface area contributed by atoms with Crippen LogP contribution in [-0.2, 0) is 33.2 Å². The highest BCUT2D eigenvalue weighted by atomic mass is 16.8. The van der Waals surface area contributed by atoms with E-state index in [1.807, 2.05) is 19.1 Å². The van der Waals surface area contributed by atoms with Gasteiger partial charge in [0.15, 0.2) is 18.9 Å². The van der Waals surface area contributed by atoms with E-state index in [9.17, 15) is 61.0 Å². The monoisotopic (exact) mass is 1240 g/mol. The number of amides is 1. The topological polar surface area (TPSA) is 307 Å². The lowest BCUT2D eigenvalue weighted by Crippen LogP contribution is -2.66. The molecule has 0 saturated carbocycles. The number of allylic oxidation sites excluding steroid dienone is 7. The number of nitrogens with one attached hydrogen (secondary N) is 1. The van der Waals surface area contributed by atoms with E-state index in [0.29, 0.717) is 12.8 Å². The van der Waals surface area contributed by atoms with Crippen molar-refractivity contribution in [3.05, 3.63) is 48.6 Å². The third-order valence-electron chi connectivity index (χ3n) is 17.2. The maximum Gasteiger partial charge on any atom is 0.220 e. The fraction of sp³-hybridized carbons (Fsp3) is 0.868. The Labute approximate surface area is 523 Å². The van der Waals surface area contributed by atoms with E-state index in [0.717, 1.165) is 38.5 Å². The van der Waals surface area contributed by atoms with E-state index in [-0.39, 0.29) is 18.9 Å². The largest absolute Gasteiger partial charge is 0.394 e. The molecule has 3 rings (SSSR count). The fourth-order valence-electron chi connectivity index (χ4n) is 11.6. The Bertz CT molecular complexity index is 1770. The first-order valence-corrected chi connectivity index (χ1v) is 34.4. The second-order valence-corrected chi connectivity index (χ2v) is 24.6. The van der Waals surface area contributed by atoms with Gasteiger partial charge in [-0.2, -0.15) is 0 Å². The van der Waals surface area contributed by atoms with Crippen molar-refractivity contribution in [1.29, 1.82) is 0 Å².